The summed E-state index contributed by atoms with van der Waals surface area (Å²) in [7, 11) is 0. The van der Waals surface area contributed by atoms with Gasteiger partial charge in [0, 0.05) is 6.54 Å². The molecule has 1 heterocycles. The minimum absolute atomic E-state index is 0.860. The number of hydrogen-bond donors (Lipinski definition) is 1. The molecular weight excluding hydrogens is 214 g/mol. The van der Waals surface area contributed by atoms with Crippen molar-refractivity contribution in [3.8, 4) is 0 Å². The summed E-state index contributed by atoms with van der Waals surface area (Å²) in [6.45, 7) is 4.44. The smallest absolute Gasteiger partial charge is 0.0216 e. The van der Waals surface area contributed by atoms with Crippen LogP contribution < -0.4 is 5.32 Å². The molecule has 1 aliphatic carbocycles. The fourth-order valence-corrected chi connectivity index (χ4v) is 3.59. The van der Waals surface area contributed by atoms with E-state index in [1.54, 1.807) is 11.1 Å². The fourth-order valence-electron chi connectivity index (χ4n) is 2.65. The van der Waals surface area contributed by atoms with E-state index in [-0.39, 0.29) is 0 Å². The lowest BCUT2D eigenvalue weighted by molar-refractivity contribution is 0.441. The second kappa shape index (κ2) is 6.41. The van der Waals surface area contributed by atoms with Crippen molar-refractivity contribution in [2.24, 2.45) is 0 Å². The Bertz CT molecular complexity index is 299. The average Bonchev–Trinajstić information content (AvgIpc) is 2.79. The summed E-state index contributed by atoms with van der Waals surface area (Å²) in [6.07, 6.45) is 8.37. The summed E-state index contributed by atoms with van der Waals surface area (Å²) in [5.41, 5.74) is 3.21. The number of rotatable bonds is 5. The highest BCUT2D eigenvalue weighted by Crippen LogP contribution is 2.35. The molecule has 1 fully saturated rings. The Morgan fingerprint density at radius 1 is 1.25 bits per heavy atom. The van der Waals surface area contributed by atoms with Crippen LogP contribution >= 0.6 is 11.3 Å². The summed E-state index contributed by atoms with van der Waals surface area (Å²) < 4.78 is 0. The van der Waals surface area contributed by atoms with Crippen molar-refractivity contribution in [2.45, 2.75) is 57.9 Å². The maximum absolute atomic E-state index is 3.52. The van der Waals surface area contributed by atoms with Gasteiger partial charge < -0.3 is 5.32 Å². The third-order valence-electron chi connectivity index (χ3n) is 3.56. The maximum Gasteiger partial charge on any atom is 0.0216 e. The van der Waals surface area contributed by atoms with Gasteiger partial charge in [0.15, 0.2) is 0 Å². The van der Waals surface area contributed by atoms with Gasteiger partial charge in [-0.25, -0.2) is 0 Å². The lowest BCUT2D eigenvalue weighted by Gasteiger charge is -2.22. The van der Waals surface area contributed by atoms with E-state index in [2.05, 4.69) is 23.0 Å². The van der Waals surface area contributed by atoms with Crippen molar-refractivity contribution in [1.29, 1.82) is 0 Å². The molecule has 1 nitrogen and oxygen atoms in total. The van der Waals surface area contributed by atoms with Crippen LogP contribution in [0.25, 0.3) is 0 Å². The van der Waals surface area contributed by atoms with Crippen LogP contribution in [0.2, 0.25) is 0 Å². The molecule has 0 saturated heterocycles. The van der Waals surface area contributed by atoms with Gasteiger partial charge in [0.1, 0.15) is 0 Å². The van der Waals surface area contributed by atoms with Crippen LogP contribution in [0.5, 0.6) is 0 Å². The van der Waals surface area contributed by atoms with Gasteiger partial charge >= 0.3 is 0 Å². The first-order chi connectivity index (χ1) is 7.92. The largest absolute Gasteiger partial charge is 0.313 e. The standard InChI is InChI=1S/C14H23NS/c1-2-8-15-9-13-10-16-11-14(13)12-6-4-3-5-7-12/h10-12,15H,2-9H2,1H3. The van der Waals surface area contributed by atoms with E-state index >= 15 is 0 Å². The fraction of sp³-hybridized carbons (Fsp3) is 0.714. The van der Waals surface area contributed by atoms with Gasteiger partial charge in [0.25, 0.3) is 0 Å². The van der Waals surface area contributed by atoms with Crippen molar-refractivity contribution in [3.05, 3.63) is 21.9 Å². The first-order valence-corrected chi connectivity index (χ1v) is 7.61. The zero-order valence-electron chi connectivity index (χ0n) is 10.3. The number of thiophene rings is 1. The van der Waals surface area contributed by atoms with Crippen molar-refractivity contribution in [1.82, 2.24) is 5.32 Å². The summed E-state index contributed by atoms with van der Waals surface area (Å²) in [5, 5.41) is 8.25. The highest BCUT2D eigenvalue weighted by atomic mass is 32.1. The van der Waals surface area contributed by atoms with Crippen molar-refractivity contribution < 1.29 is 0 Å². The molecule has 90 valence electrons. The SMILES string of the molecule is CCCNCc1cscc1C1CCCCC1. The molecule has 1 aliphatic rings. The van der Waals surface area contributed by atoms with E-state index in [4.69, 9.17) is 0 Å². The lowest BCUT2D eigenvalue weighted by atomic mass is 9.84. The summed E-state index contributed by atoms with van der Waals surface area (Å²) in [6, 6.07) is 0. The van der Waals surface area contributed by atoms with Crippen molar-refractivity contribution >= 4 is 11.3 Å². The Balaban J connectivity index is 1.94. The van der Waals surface area contributed by atoms with Gasteiger partial charge in [-0.05, 0) is 53.6 Å². The highest BCUT2D eigenvalue weighted by molar-refractivity contribution is 7.08. The quantitative estimate of drug-likeness (QED) is 0.753. The highest BCUT2D eigenvalue weighted by Gasteiger charge is 2.18. The molecule has 2 rings (SSSR count). The predicted molar refractivity (Wildman–Crippen MR) is 72.1 cm³/mol. The molecule has 0 radical (unpaired) electrons. The molecule has 0 bridgehead atoms. The predicted octanol–water partition coefficient (Wildman–Crippen LogP) is 4.30. The molecule has 2 heteroatoms. The molecule has 0 aliphatic heterocycles. The molecule has 1 saturated carbocycles. The lowest BCUT2D eigenvalue weighted by Crippen LogP contribution is -2.15. The van der Waals surface area contributed by atoms with E-state index in [1.165, 1.54) is 38.5 Å². The van der Waals surface area contributed by atoms with Crippen molar-refractivity contribution in [3.63, 3.8) is 0 Å². The summed E-state index contributed by atoms with van der Waals surface area (Å²) in [5.74, 6) is 0.860. The summed E-state index contributed by atoms with van der Waals surface area (Å²) in [4.78, 5) is 0. The third kappa shape index (κ3) is 3.08. The maximum atomic E-state index is 3.52. The molecule has 0 spiro atoms. The number of nitrogens with one attached hydrogen (secondary N) is 1. The van der Waals surface area contributed by atoms with Crippen LogP contribution in [0.4, 0.5) is 0 Å². The molecular formula is C14H23NS. The Morgan fingerprint density at radius 3 is 2.81 bits per heavy atom. The van der Waals surface area contributed by atoms with Crippen LogP contribution in [0.3, 0.4) is 0 Å². The first kappa shape index (κ1) is 12.1. The Morgan fingerprint density at radius 2 is 2.06 bits per heavy atom. The number of hydrogen-bond acceptors (Lipinski definition) is 2. The van der Waals surface area contributed by atoms with Crippen LogP contribution in [-0.2, 0) is 6.54 Å². The van der Waals surface area contributed by atoms with E-state index in [9.17, 15) is 0 Å². The Hall–Kier alpha value is -0.340. The third-order valence-corrected chi connectivity index (χ3v) is 4.37. The molecule has 16 heavy (non-hydrogen) atoms. The van der Waals surface area contributed by atoms with Gasteiger partial charge in [0.05, 0.1) is 0 Å². The normalized spacial score (nSPS) is 17.8. The van der Waals surface area contributed by atoms with E-state index < -0.39 is 0 Å². The minimum atomic E-state index is 0.860. The van der Waals surface area contributed by atoms with Gasteiger partial charge in [-0.3, -0.25) is 0 Å². The Labute approximate surface area is 103 Å². The average molecular weight is 237 g/mol. The van der Waals surface area contributed by atoms with Crippen molar-refractivity contribution in [2.75, 3.05) is 6.54 Å². The second-order valence-electron chi connectivity index (χ2n) is 4.86. The second-order valence-corrected chi connectivity index (χ2v) is 5.61. The van der Waals surface area contributed by atoms with Gasteiger partial charge in [-0.1, -0.05) is 26.2 Å². The van der Waals surface area contributed by atoms with Gasteiger partial charge in [-0.15, -0.1) is 0 Å². The molecule has 0 unspecified atom stereocenters. The zero-order valence-corrected chi connectivity index (χ0v) is 11.1. The van der Waals surface area contributed by atoms with Crippen LogP contribution in [0.1, 0.15) is 62.5 Å². The minimum Gasteiger partial charge on any atom is -0.313 e. The van der Waals surface area contributed by atoms with Gasteiger partial charge in [-0.2, -0.15) is 11.3 Å². The molecule has 0 aromatic carbocycles. The molecule has 1 N–H and O–H groups in total. The van der Waals surface area contributed by atoms with Crippen LogP contribution in [0, 0.1) is 0 Å². The molecule has 1 aromatic rings. The Kier molecular flexibility index (Phi) is 4.86. The molecule has 0 amide bonds. The zero-order chi connectivity index (χ0) is 11.2. The van der Waals surface area contributed by atoms with E-state index in [0.717, 1.165) is 19.0 Å². The molecule has 0 atom stereocenters. The van der Waals surface area contributed by atoms with Gasteiger partial charge in [0.2, 0.25) is 0 Å². The van der Waals surface area contributed by atoms with Crippen LogP contribution in [0.15, 0.2) is 10.8 Å². The topological polar surface area (TPSA) is 12.0 Å². The van der Waals surface area contributed by atoms with Crippen LogP contribution in [-0.4, -0.2) is 6.54 Å². The van der Waals surface area contributed by atoms with E-state index in [0.29, 0.717) is 0 Å². The molecule has 1 aromatic heterocycles. The van der Waals surface area contributed by atoms with E-state index in [1.807, 2.05) is 11.3 Å². The summed E-state index contributed by atoms with van der Waals surface area (Å²) >= 11 is 1.88. The first-order valence-electron chi connectivity index (χ1n) is 6.67. The monoisotopic (exact) mass is 237 g/mol.